The molecule has 0 radical (unpaired) electrons. The van der Waals surface area contributed by atoms with Crippen LogP contribution in [0.15, 0.2) is 103 Å². The average molecular weight is 613 g/mol. The third-order valence-electron chi connectivity index (χ3n) is 7.21. The summed E-state index contributed by atoms with van der Waals surface area (Å²) in [5, 5.41) is 9.36. The molecule has 0 unspecified atom stereocenters. The highest BCUT2D eigenvalue weighted by Gasteiger charge is 2.26. The van der Waals surface area contributed by atoms with Gasteiger partial charge in [-0.25, -0.2) is 0 Å². The smallest absolute Gasteiger partial charge is 0.251 e. The first-order valence-corrected chi connectivity index (χ1v) is 14.9. The van der Waals surface area contributed by atoms with Crippen LogP contribution in [0.2, 0.25) is 5.02 Å². The van der Waals surface area contributed by atoms with E-state index in [1.165, 1.54) is 0 Å². The minimum atomic E-state index is -0.720. The molecule has 8 nitrogen and oxygen atoms in total. The van der Waals surface area contributed by atoms with E-state index in [-0.39, 0.29) is 30.8 Å². The molecule has 4 aromatic rings. The molecule has 9 heteroatoms. The van der Waals surface area contributed by atoms with Crippen LogP contribution >= 0.6 is 11.6 Å². The maximum absolute atomic E-state index is 13.7. The van der Waals surface area contributed by atoms with Crippen LogP contribution in [0.25, 0.3) is 0 Å². The topological polar surface area (TPSA) is 123 Å². The molecule has 2 atom stereocenters. The van der Waals surface area contributed by atoms with Crippen LogP contribution < -0.4 is 26.4 Å². The van der Waals surface area contributed by atoms with Crippen molar-refractivity contribution < 1.29 is 19.1 Å². The number of halogens is 1. The van der Waals surface area contributed by atoms with Gasteiger partial charge in [-0.1, -0.05) is 78.3 Å². The molecule has 0 spiro atoms. The van der Waals surface area contributed by atoms with Gasteiger partial charge in [-0.05, 0) is 65.6 Å². The Balaban J connectivity index is 1.48. The Kier molecular flexibility index (Phi) is 11.9. The lowest BCUT2D eigenvalue weighted by Crippen LogP contribution is -2.41. The number of ether oxygens (including phenoxy) is 1. The van der Waals surface area contributed by atoms with Crippen LogP contribution in [-0.2, 0) is 22.7 Å². The van der Waals surface area contributed by atoms with Crippen LogP contribution in [0.4, 0.5) is 0 Å². The summed E-state index contributed by atoms with van der Waals surface area (Å²) in [4.78, 5) is 40.0. The standard InChI is InChI=1S/C35H37ClN4O4/c1-2-44-30-18-14-27(15-19-30)32(22-39-33(41)28-12-16-29(36)17-13-28)35(43)40-23-31(26-6-4-3-5-7-26)34(42)38-21-25-10-8-24(20-37)9-11-25/h3-19,31-32H,2,20-23,37H2,1H3,(H,38,42)(H,39,41)(H,40,43)/t31-,32+/m0/s1. The third kappa shape index (κ3) is 9.17. The van der Waals surface area contributed by atoms with Gasteiger partial charge >= 0.3 is 0 Å². The minimum absolute atomic E-state index is 0.0439. The van der Waals surface area contributed by atoms with Crippen LogP contribution in [-0.4, -0.2) is 37.4 Å². The fraction of sp³-hybridized carbons (Fsp3) is 0.229. The molecular formula is C35H37ClN4O4. The van der Waals surface area contributed by atoms with E-state index in [1.807, 2.05) is 61.5 Å². The first kappa shape index (κ1) is 32.3. The summed E-state index contributed by atoms with van der Waals surface area (Å²) < 4.78 is 5.56. The highest BCUT2D eigenvalue weighted by Crippen LogP contribution is 2.22. The van der Waals surface area contributed by atoms with Crippen molar-refractivity contribution in [3.8, 4) is 5.75 Å². The maximum atomic E-state index is 13.7. The fourth-order valence-electron chi connectivity index (χ4n) is 4.70. The van der Waals surface area contributed by atoms with Crippen molar-refractivity contribution in [1.29, 1.82) is 0 Å². The van der Waals surface area contributed by atoms with Gasteiger partial charge in [0, 0.05) is 36.8 Å². The molecule has 0 heterocycles. The predicted molar refractivity (Wildman–Crippen MR) is 173 cm³/mol. The Morgan fingerprint density at radius 3 is 1.89 bits per heavy atom. The predicted octanol–water partition coefficient (Wildman–Crippen LogP) is 4.93. The summed E-state index contributed by atoms with van der Waals surface area (Å²) in [6.07, 6.45) is 0. The number of carbonyl (C=O) groups is 3. The molecule has 3 amide bonds. The summed E-state index contributed by atoms with van der Waals surface area (Å²) in [6.45, 7) is 3.31. The largest absolute Gasteiger partial charge is 0.494 e. The number of carbonyl (C=O) groups excluding carboxylic acids is 3. The molecule has 0 bridgehead atoms. The Morgan fingerprint density at radius 1 is 0.705 bits per heavy atom. The average Bonchev–Trinajstić information content (AvgIpc) is 3.05. The zero-order valence-corrected chi connectivity index (χ0v) is 25.3. The number of hydrogen-bond donors (Lipinski definition) is 4. The van der Waals surface area contributed by atoms with Gasteiger partial charge in [0.15, 0.2) is 0 Å². The van der Waals surface area contributed by atoms with Crippen molar-refractivity contribution in [2.45, 2.75) is 31.8 Å². The number of amides is 3. The Hall–Kier alpha value is -4.66. The summed E-state index contributed by atoms with van der Waals surface area (Å²) in [5.41, 5.74) is 9.55. The molecule has 0 saturated carbocycles. The third-order valence-corrected chi connectivity index (χ3v) is 7.46. The number of rotatable bonds is 14. The lowest BCUT2D eigenvalue weighted by molar-refractivity contribution is -0.124. The molecule has 0 aliphatic heterocycles. The van der Waals surface area contributed by atoms with Gasteiger partial charge in [0.1, 0.15) is 5.75 Å². The first-order valence-electron chi connectivity index (χ1n) is 14.5. The normalized spacial score (nSPS) is 12.1. The van der Waals surface area contributed by atoms with Crippen molar-refractivity contribution >= 4 is 29.3 Å². The molecule has 4 aromatic carbocycles. The number of benzene rings is 4. The molecule has 5 N–H and O–H groups in total. The van der Waals surface area contributed by atoms with E-state index < -0.39 is 11.8 Å². The molecule has 228 valence electrons. The van der Waals surface area contributed by atoms with Crippen molar-refractivity contribution in [3.63, 3.8) is 0 Å². The van der Waals surface area contributed by atoms with Crippen molar-refractivity contribution in [1.82, 2.24) is 16.0 Å². The van der Waals surface area contributed by atoms with E-state index in [2.05, 4.69) is 16.0 Å². The molecule has 0 aromatic heterocycles. The molecule has 0 aliphatic carbocycles. The van der Waals surface area contributed by atoms with Crippen LogP contribution in [0.5, 0.6) is 5.75 Å². The summed E-state index contributed by atoms with van der Waals surface area (Å²) >= 11 is 5.96. The second-order valence-electron chi connectivity index (χ2n) is 10.2. The van der Waals surface area contributed by atoms with Gasteiger partial charge in [-0.15, -0.1) is 0 Å². The van der Waals surface area contributed by atoms with Crippen LogP contribution in [0.1, 0.15) is 51.4 Å². The highest BCUT2D eigenvalue weighted by molar-refractivity contribution is 6.30. The molecule has 4 rings (SSSR count). The lowest BCUT2D eigenvalue weighted by atomic mass is 9.95. The van der Waals surface area contributed by atoms with Gasteiger partial charge < -0.3 is 26.4 Å². The van der Waals surface area contributed by atoms with E-state index in [4.69, 9.17) is 22.1 Å². The SMILES string of the molecule is CCOc1ccc([C@@H](CNC(=O)c2ccc(Cl)cc2)C(=O)NC[C@H](C(=O)NCc2ccc(CN)cc2)c2ccccc2)cc1. The molecule has 44 heavy (non-hydrogen) atoms. The summed E-state index contributed by atoms with van der Waals surface area (Å²) in [6, 6.07) is 30.8. The number of nitrogens with one attached hydrogen (secondary N) is 3. The van der Waals surface area contributed by atoms with Crippen LogP contribution in [0, 0.1) is 0 Å². The first-order chi connectivity index (χ1) is 21.4. The molecule has 0 fully saturated rings. The zero-order chi connectivity index (χ0) is 31.3. The number of nitrogens with two attached hydrogens (primary N) is 1. The van der Waals surface area contributed by atoms with E-state index >= 15 is 0 Å². The molecular weight excluding hydrogens is 576 g/mol. The minimum Gasteiger partial charge on any atom is -0.494 e. The maximum Gasteiger partial charge on any atom is 0.251 e. The lowest BCUT2D eigenvalue weighted by Gasteiger charge is -2.22. The van der Waals surface area contributed by atoms with Gasteiger partial charge in [-0.2, -0.15) is 0 Å². The van der Waals surface area contributed by atoms with Crippen molar-refractivity contribution in [2.75, 3.05) is 19.7 Å². The van der Waals surface area contributed by atoms with E-state index in [0.717, 1.165) is 16.7 Å². The zero-order valence-electron chi connectivity index (χ0n) is 24.6. The quantitative estimate of drug-likeness (QED) is 0.161. The van der Waals surface area contributed by atoms with E-state index in [1.54, 1.807) is 48.5 Å². The molecule has 0 saturated heterocycles. The van der Waals surface area contributed by atoms with E-state index in [9.17, 15) is 14.4 Å². The Labute approximate surface area is 263 Å². The Bertz CT molecular complexity index is 1510. The summed E-state index contributed by atoms with van der Waals surface area (Å²) in [7, 11) is 0. The second-order valence-corrected chi connectivity index (χ2v) is 10.7. The van der Waals surface area contributed by atoms with Crippen LogP contribution in [0.3, 0.4) is 0 Å². The molecule has 0 aliphatic rings. The van der Waals surface area contributed by atoms with Crippen molar-refractivity contribution in [2.24, 2.45) is 5.73 Å². The fourth-order valence-corrected chi connectivity index (χ4v) is 4.83. The summed E-state index contributed by atoms with van der Waals surface area (Å²) in [5.74, 6) is -1.54. The van der Waals surface area contributed by atoms with Gasteiger partial charge in [0.25, 0.3) is 5.91 Å². The van der Waals surface area contributed by atoms with Gasteiger partial charge in [0.2, 0.25) is 11.8 Å². The highest BCUT2D eigenvalue weighted by atomic mass is 35.5. The van der Waals surface area contributed by atoms with Crippen molar-refractivity contribution in [3.05, 3.63) is 136 Å². The number of hydrogen-bond acceptors (Lipinski definition) is 5. The monoisotopic (exact) mass is 612 g/mol. The van der Waals surface area contributed by atoms with Gasteiger partial charge in [0.05, 0.1) is 18.4 Å². The second kappa shape index (κ2) is 16.3. The van der Waals surface area contributed by atoms with E-state index in [0.29, 0.717) is 41.6 Å². The Morgan fingerprint density at radius 2 is 1.27 bits per heavy atom. The van der Waals surface area contributed by atoms with Gasteiger partial charge in [-0.3, -0.25) is 14.4 Å².